The first-order valence-corrected chi connectivity index (χ1v) is 8.55. The number of anilines is 1. The third-order valence-corrected chi connectivity index (χ3v) is 4.17. The molecular formula is C14H20N2O3S. The van der Waals surface area contributed by atoms with Gasteiger partial charge in [0.05, 0.1) is 11.9 Å². The number of nitrogens with zero attached hydrogens (tertiary/aromatic N) is 1. The third kappa shape index (κ3) is 3.80. The Hall–Kier alpha value is -1.40. The highest BCUT2D eigenvalue weighted by atomic mass is 32.2. The fraction of sp³-hybridized carbons (Fsp3) is 0.500. The maximum atomic E-state index is 12.6. The first kappa shape index (κ1) is 15.0. The number of ketones is 1. The molecule has 1 N–H and O–H groups in total. The van der Waals surface area contributed by atoms with E-state index in [9.17, 15) is 13.2 Å². The molecule has 0 saturated carbocycles. The van der Waals surface area contributed by atoms with E-state index in [0.29, 0.717) is 11.3 Å². The van der Waals surface area contributed by atoms with E-state index < -0.39 is 10.0 Å². The van der Waals surface area contributed by atoms with E-state index in [1.54, 1.807) is 24.3 Å². The Balaban J connectivity index is 2.21. The Kier molecular flexibility index (Phi) is 4.45. The van der Waals surface area contributed by atoms with Gasteiger partial charge in [-0.15, -0.1) is 0 Å². The summed E-state index contributed by atoms with van der Waals surface area (Å²) in [6.07, 6.45) is 2.73. The molecule has 0 radical (unpaired) electrons. The van der Waals surface area contributed by atoms with Crippen molar-refractivity contribution in [2.45, 2.75) is 12.8 Å². The van der Waals surface area contributed by atoms with Crippen LogP contribution in [0.25, 0.3) is 0 Å². The zero-order valence-electron chi connectivity index (χ0n) is 11.8. The van der Waals surface area contributed by atoms with Crippen LogP contribution >= 0.6 is 0 Å². The number of para-hydroxylation sites is 1. The first-order chi connectivity index (χ1) is 9.37. The summed E-state index contributed by atoms with van der Waals surface area (Å²) in [7, 11) is -1.34. The van der Waals surface area contributed by atoms with Crippen molar-refractivity contribution in [3.8, 4) is 0 Å². The minimum absolute atomic E-state index is 0.0197. The van der Waals surface area contributed by atoms with Gasteiger partial charge in [-0.2, -0.15) is 0 Å². The van der Waals surface area contributed by atoms with E-state index in [0.717, 1.165) is 32.2 Å². The summed E-state index contributed by atoms with van der Waals surface area (Å²) in [4.78, 5) is 14.8. The number of carbonyl (C=O) groups excluding carboxylic acids is 1. The zero-order chi connectivity index (χ0) is 14.8. The van der Waals surface area contributed by atoms with E-state index in [-0.39, 0.29) is 11.7 Å². The van der Waals surface area contributed by atoms with Gasteiger partial charge in [0, 0.05) is 11.5 Å². The Morgan fingerprint density at radius 1 is 1.25 bits per heavy atom. The molecule has 0 aliphatic carbocycles. The number of hydrogen-bond acceptors (Lipinski definition) is 4. The second-order valence-corrected chi connectivity index (χ2v) is 7.11. The fourth-order valence-corrected chi connectivity index (χ4v) is 3.05. The second-order valence-electron chi connectivity index (χ2n) is 5.36. The highest BCUT2D eigenvalue weighted by Crippen LogP contribution is 2.25. The molecule has 1 aliphatic heterocycles. The molecular weight excluding hydrogens is 276 g/mol. The molecule has 0 aromatic heterocycles. The standard InChI is InChI=1S/C14H20N2O3S/c1-16-9-7-11(8-10-16)14(17)12-5-3-4-6-13(12)15-20(2,18)19/h3-6,11,15H,7-10H2,1-2H3. The number of sulfonamides is 1. The summed E-state index contributed by atoms with van der Waals surface area (Å²) < 4.78 is 25.2. The van der Waals surface area contributed by atoms with Crippen molar-refractivity contribution in [3.63, 3.8) is 0 Å². The normalized spacial score (nSPS) is 17.9. The Morgan fingerprint density at radius 3 is 2.45 bits per heavy atom. The third-order valence-electron chi connectivity index (χ3n) is 3.58. The molecule has 1 aromatic carbocycles. The predicted octanol–water partition coefficient (Wildman–Crippen LogP) is 1.58. The summed E-state index contributed by atoms with van der Waals surface area (Å²) in [6, 6.07) is 6.80. The monoisotopic (exact) mass is 296 g/mol. The van der Waals surface area contributed by atoms with Gasteiger partial charge in [0.25, 0.3) is 0 Å². The van der Waals surface area contributed by atoms with Gasteiger partial charge >= 0.3 is 0 Å². The summed E-state index contributed by atoms with van der Waals surface area (Å²) in [5.41, 5.74) is 0.839. The van der Waals surface area contributed by atoms with Gasteiger partial charge < -0.3 is 4.90 Å². The molecule has 0 amide bonds. The van der Waals surface area contributed by atoms with Crippen LogP contribution in [0.2, 0.25) is 0 Å². The molecule has 0 spiro atoms. The largest absolute Gasteiger partial charge is 0.306 e. The van der Waals surface area contributed by atoms with Crippen molar-refractivity contribution < 1.29 is 13.2 Å². The fourth-order valence-electron chi connectivity index (χ4n) is 2.48. The van der Waals surface area contributed by atoms with Crippen molar-refractivity contribution >= 4 is 21.5 Å². The maximum Gasteiger partial charge on any atom is 0.229 e. The number of Topliss-reactive ketones (excluding diaryl/α,β-unsaturated/α-hetero) is 1. The van der Waals surface area contributed by atoms with Crippen molar-refractivity contribution in [1.29, 1.82) is 0 Å². The van der Waals surface area contributed by atoms with Gasteiger partial charge in [-0.25, -0.2) is 8.42 Å². The number of rotatable bonds is 4. The molecule has 5 nitrogen and oxygen atoms in total. The van der Waals surface area contributed by atoms with Crippen LogP contribution in [0.1, 0.15) is 23.2 Å². The Bertz CT molecular complexity index is 590. The molecule has 1 saturated heterocycles. The SMILES string of the molecule is CN1CCC(C(=O)c2ccccc2NS(C)(=O)=O)CC1. The minimum Gasteiger partial charge on any atom is -0.306 e. The molecule has 6 heteroatoms. The number of carbonyl (C=O) groups is 1. The predicted molar refractivity (Wildman–Crippen MR) is 79.5 cm³/mol. The van der Waals surface area contributed by atoms with Crippen LogP contribution in [0.4, 0.5) is 5.69 Å². The van der Waals surface area contributed by atoms with Crippen molar-refractivity contribution in [3.05, 3.63) is 29.8 Å². The molecule has 110 valence electrons. The molecule has 1 heterocycles. The molecule has 1 fully saturated rings. The number of nitrogens with one attached hydrogen (secondary N) is 1. The lowest BCUT2D eigenvalue weighted by atomic mass is 9.88. The Morgan fingerprint density at radius 2 is 1.85 bits per heavy atom. The minimum atomic E-state index is -3.38. The van der Waals surface area contributed by atoms with E-state index in [1.165, 1.54) is 0 Å². The van der Waals surface area contributed by atoms with Gasteiger partial charge in [-0.3, -0.25) is 9.52 Å². The van der Waals surface area contributed by atoms with Gasteiger partial charge in [0.1, 0.15) is 0 Å². The summed E-state index contributed by atoms with van der Waals surface area (Å²) in [5, 5.41) is 0. The van der Waals surface area contributed by atoms with E-state index >= 15 is 0 Å². The highest BCUT2D eigenvalue weighted by Gasteiger charge is 2.26. The summed E-state index contributed by atoms with van der Waals surface area (Å²) in [6.45, 7) is 1.80. The molecule has 1 aromatic rings. The first-order valence-electron chi connectivity index (χ1n) is 6.66. The summed E-state index contributed by atoms with van der Waals surface area (Å²) in [5.74, 6) is 0.0126. The van der Waals surface area contributed by atoms with Crippen LogP contribution in [0.15, 0.2) is 24.3 Å². The number of piperidine rings is 1. The smallest absolute Gasteiger partial charge is 0.229 e. The zero-order valence-corrected chi connectivity index (χ0v) is 12.6. The van der Waals surface area contributed by atoms with Crippen LogP contribution in [0, 0.1) is 5.92 Å². The van der Waals surface area contributed by atoms with Crippen molar-refractivity contribution in [2.75, 3.05) is 31.1 Å². The van der Waals surface area contributed by atoms with Crippen molar-refractivity contribution in [2.24, 2.45) is 5.92 Å². The molecule has 0 atom stereocenters. The molecule has 1 aliphatic rings. The molecule has 0 unspecified atom stereocenters. The molecule has 20 heavy (non-hydrogen) atoms. The quantitative estimate of drug-likeness (QED) is 0.857. The number of likely N-dealkylation sites (tertiary alicyclic amines) is 1. The van der Waals surface area contributed by atoms with Crippen LogP contribution < -0.4 is 4.72 Å². The van der Waals surface area contributed by atoms with Crippen LogP contribution in [-0.4, -0.2) is 45.5 Å². The average molecular weight is 296 g/mol. The van der Waals surface area contributed by atoms with Crippen LogP contribution in [0.5, 0.6) is 0 Å². The number of hydrogen-bond donors (Lipinski definition) is 1. The van der Waals surface area contributed by atoms with Crippen LogP contribution in [0.3, 0.4) is 0 Å². The van der Waals surface area contributed by atoms with E-state index in [2.05, 4.69) is 9.62 Å². The van der Waals surface area contributed by atoms with Crippen molar-refractivity contribution in [1.82, 2.24) is 4.90 Å². The lowest BCUT2D eigenvalue weighted by Gasteiger charge is -2.28. The number of benzene rings is 1. The lowest BCUT2D eigenvalue weighted by molar-refractivity contribution is 0.0858. The van der Waals surface area contributed by atoms with E-state index in [4.69, 9.17) is 0 Å². The second kappa shape index (κ2) is 5.93. The average Bonchev–Trinajstić information content (AvgIpc) is 2.37. The Labute approximate surface area is 120 Å². The lowest BCUT2D eigenvalue weighted by Crippen LogP contribution is -2.33. The van der Waals surface area contributed by atoms with Gasteiger partial charge in [-0.05, 0) is 45.1 Å². The van der Waals surface area contributed by atoms with Gasteiger partial charge in [0.15, 0.2) is 5.78 Å². The maximum absolute atomic E-state index is 12.6. The highest BCUT2D eigenvalue weighted by molar-refractivity contribution is 7.92. The van der Waals surface area contributed by atoms with E-state index in [1.807, 2.05) is 7.05 Å². The molecule has 2 rings (SSSR count). The molecule has 0 bridgehead atoms. The summed E-state index contributed by atoms with van der Waals surface area (Å²) >= 11 is 0. The van der Waals surface area contributed by atoms with Crippen LogP contribution in [-0.2, 0) is 10.0 Å². The van der Waals surface area contributed by atoms with Gasteiger partial charge in [0.2, 0.25) is 10.0 Å². The topological polar surface area (TPSA) is 66.5 Å². The van der Waals surface area contributed by atoms with Gasteiger partial charge in [-0.1, -0.05) is 12.1 Å².